The first-order chi connectivity index (χ1) is 9.97. The number of ether oxygens (including phenoxy) is 1. The van der Waals surface area contributed by atoms with Gasteiger partial charge in [0, 0.05) is 25.5 Å². The van der Waals surface area contributed by atoms with Crippen molar-refractivity contribution in [3.63, 3.8) is 0 Å². The second kappa shape index (κ2) is 6.55. The highest BCUT2D eigenvalue weighted by Gasteiger charge is 2.14. The summed E-state index contributed by atoms with van der Waals surface area (Å²) in [7, 11) is -1.59. The molecular formula is C13H16ClN3O3S. The number of nitrogens with zero attached hydrogens (tertiary/aromatic N) is 3. The van der Waals surface area contributed by atoms with E-state index in [0.29, 0.717) is 24.8 Å². The Balaban J connectivity index is 2.39. The Hall–Kier alpha value is -1.44. The van der Waals surface area contributed by atoms with E-state index in [9.17, 15) is 8.42 Å². The molecule has 0 fully saturated rings. The van der Waals surface area contributed by atoms with Crippen LogP contribution < -0.4 is 0 Å². The number of hydrogen-bond donors (Lipinski definition) is 0. The monoisotopic (exact) mass is 329 g/mol. The third-order valence-electron chi connectivity index (χ3n) is 3.01. The number of sulfone groups is 1. The Morgan fingerprint density at radius 2 is 1.90 bits per heavy atom. The fraction of sp³-hybridized carbons (Fsp3) is 0.385. The molecule has 0 amide bonds. The quantitative estimate of drug-likeness (QED) is 0.755. The lowest BCUT2D eigenvalue weighted by Gasteiger charge is -2.09. The number of methoxy groups -OCH3 is 1. The maximum absolute atomic E-state index is 11.5. The highest BCUT2D eigenvalue weighted by molar-refractivity contribution is 7.90. The molecule has 1 aromatic carbocycles. The fourth-order valence-electron chi connectivity index (χ4n) is 1.92. The second-order valence-corrected chi connectivity index (χ2v) is 6.80. The molecule has 0 radical (unpaired) electrons. The van der Waals surface area contributed by atoms with Crippen molar-refractivity contribution in [2.24, 2.45) is 0 Å². The van der Waals surface area contributed by atoms with Gasteiger partial charge in [-0.1, -0.05) is 0 Å². The summed E-state index contributed by atoms with van der Waals surface area (Å²) < 4.78 is 29.9. The molecule has 0 aliphatic carbocycles. The van der Waals surface area contributed by atoms with Crippen molar-refractivity contribution >= 4 is 21.4 Å². The van der Waals surface area contributed by atoms with Crippen molar-refractivity contribution in [2.45, 2.75) is 17.3 Å². The van der Waals surface area contributed by atoms with E-state index in [1.165, 1.54) is 6.26 Å². The molecule has 0 aliphatic heterocycles. The third-order valence-corrected chi connectivity index (χ3v) is 4.37. The van der Waals surface area contributed by atoms with Gasteiger partial charge in [-0.25, -0.2) is 8.42 Å². The molecule has 21 heavy (non-hydrogen) atoms. The zero-order chi connectivity index (χ0) is 15.5. The molecule has 1 aromatic heterocycles. The molecule has 0 atom stereocenters. The zero-order valence-electron chi connectivity index (χ0n) is 11.8. The first-order valence-corrected chi connectivity index (χ1v) is 8.67. The van der Waals surface area contributed by atoms with Gasteiger partial charge in [-0.3, -0.25) is 0 Å². The van der Waals surface area contributed by atoms with Crippen LogP contribution in [-0.2, 0) is 27.0 Å². The van der Waals surface area contributed by atoms with Crippen LogP contribution >= 0.6 is 11.6 Å². The van der Waals surface area contributed by atoms with E-state index in [4.69, 9.17) is 16.3 Å². The fourth-order valence-corrected chi connectivity index (χ4v) is 2.74. The summed E-state index contributed by atoms with van der Waals surface area (Å²) in [6.45, 7) is 1.09. The normalized spacial score (nSPS) is 11.8. The molecule has 1 heterocycles. The SMILES string of the molecule is COCCn1c(CCl)nnc1-c1ccc(S(C)(=O)=O)cc1. The van der Waals surface area contributed by atoms with Crippen LogP contribution in [0.2, 0.25) is 0 Å². The van der Waals surface area contributed by atoms with Crippen molar-refractivity contribution < 1.29 is 13.2 Å². The summed E-state index contributed by atoms with van der Waals surface area (Å²) in [5, 5.41) is 8.17. The van der Waals surface area contributed by atoms with Gasteiger partial charge in [0.05, 0.1) is 17.4 Å². The van der Waals surface area contributed by atoms with Gasteiger partial charge in [-0.15, -0.1) is 21.8 Å². The lowest BCUT2D eigenvalue weighted by Crippen LogP contribution is -2.09. The van der Waals surface area contributed by atoms with Crippen LogP contribution in [0.3, 0.4) is 0 Å². The van der Waals surface area contributed by atoms with E-state index >= 15 is 0 Å². The second-order valence-electron chi connectivity index (χ2n) is 4.51. The number of aromatic nitrogens is 3. The summed E-state index contributed by atoms with van der Waals surface area (Å²) in [5.74, 6) is 1.54. The minimum Gasteiger partial charge on any atom is -0.383 e. The molecule has 6 nitrogen and oxygen atoms in total. The molecule has 0 aliphatic rings. The minimum absolute atomic E-state index is 0.248. The number of alkyl halides is 1. The standard InChI is InChI=1S/C13H16ClN3O3S/c1-20-8-7-17-12(9-14)15-16-13(17)10-3-5-11(6-4-10)21(2,18)19/h3-6H,7-9H2,1-2H3. The van der Waals surface area contributed by atoms with Crippen LogP contribution in [0.1, 0.15) is 5.82 Å². The zero-order valence-corrected chi connectivity index (χ0v) is 13.4. The Kier molecular flexibility index (Phi) is 4.97. The largest absolute Gasteiger partial charge is 0.383 e. The van der Waals surface area contributed by atoms with E-state index in [0.717, 1.165) is 5.56 Å². The van der Waals surface area contributed by atoms with Gasteiger partial charge < -0.3 is 9.30 Å². The summed E-state index contributed by atoms with van der Waals surface area (Å²) in [4.78, 5) is 0.270. The summed E-state index contributed by atoms with van der Waals surface area (Å²) in [6.07, 6.45) is 1.18. The van der Waals surface area contributed by atoms with E-state index in [1.807, 2.05) is 4.57 Å². The Labute approximate surface area is 128 Å². The van der Waals surface area contributed by atoms with Crippen LogP contribution in [0.15, 0.2) is 29.2 Å². The van der Waals surface area contributed by atoms with Gasteiger partial charge >= 0.3 is 0 Å². The Morgan fingerprint density at radius 3 is 2.43 bits per heavy atom. The van der Waals surface area contributed by atoms with Gasteiger partial charge in [0.1, 0.15) is 5.82 Å². The van der Waals surface area contributed by atoms with Gasteiger partial charge in [-0.2, -0.15) is 0 Å². The average molecular weight is 330 g/mol. The molecule has 0 bridgehead atoms. The number of benzene rings is 1. The van der Waals surface area contributed by atoms with Crippen LogP contribution in [-0.4, -0.2) is 43.2 Å². The maximum atomic E-state index is 11.5. The number of hydrogen-bond acceptors (Lipinski definition) is 5. The molecule has 8 heteroatoms. The predicted molar refractivity (Wildman–Crippen MR) is 80.0 cm³/mol. The van der Waals surface area contributed by atoms with Crippen molar-refractivity contribution in [2.75, 3.05) is 20.0 Å². The van der Waals surface area contributed by atoms with Gasteiger partial charge in [-0.05, 0) is 24.3 Å². The lowest BCUT2D eigenvalue weighted by molar-refractivity contribution is 0.187. The highest BCUT2D eigenvalue weighted by atomic mass is 35.5. The van der Waals surface area contributed by atoms with Crippen molar-refractivity contribution in [3.05, 3.63) is 30.1 Å². The molecule has 2 rings (SSSR count). The average Bonchev–Trinajstić information content (AvgIpc) is 2.87. The van der Waals surface area contributed by atoms with Crippen LogP contribution in [0.25, 0.3) is 11.4 Å². The molecule has 0 saturated carbocycles. The van der Waals surface area contributed by atoms with Crippen molar-refractivity contribution in [1.29, 1.82) is 0 Å². The Morgan fingerprint density at radius 1 is 1.24 bits per heavy atom. The van der Waals surface area contributed by atoms with Crippen molar-refractivity contribution in [3.8, 4) is 11.4 Å². The third kappa shape index (κ3) is 3.61. The van der Waals surface area contributed by atoms with E-state index in [-0.39, 0.29) is 10.8 Å². The summed E-state index contributed by atoms with van der Waals surface area (Å²) >= 11 is 5.85. The molecule has 0 unspecified atom stereocenters. The van der Waals surface area contributed by atoms with E-state index in [1.54, 1.807) is 31.4 Å². The molecule has 0 saturated heterocycles. The van der Waals surface area contributed by atoms with Gasteiger partial charge in [0.15, 0.2) is 15.7 Å². The minimum atomic E-state index is -3.21. The van der Waals surface area contributed by atoms with Gasteiger partial charge in [0.2, 0.25) is 0 Å². The smallest absolute Gasteiger partial charge is 0.175 e. The van der Waals surface area contributed by atoms with Crippen LogP contribution in [0.5, 0.6) is 0 Å². The van der Waals surface area contributed by atoms with Gasteiger partial charge in [0.25, 0.3) is 0 Å². The first kappa shape index (κ1) is 15.9. The number of rotatable bonds is 6. The Bertz CT molecular complexity index is 711. The first-order valence-electron chi connectivity index (χ1n) is 6.25. The number of halogens is 1. The lowest BCUT2D eigenvalue weighted by atomic mass is 10.2. The summed E-state index contributed by atoms with van der Waals surface area (Å²) in [6, 6.07) is 6.53. The molecule has 0 N–H and O–H groups in total. The maximum Gasteiger partial charge on any atom is 0.175 e. The predicted octanol–water partition coefficient (Wildman–Crippen LogP) is 1.73. The van der Waals surface area contributed by atoms with E-state index < -0.39 is 9.84 Å². The molecular weight excluding hydrogens is 314 g/mol. The molecule has 0 spiro atoms. The van der Waals surface area contributed by atoms with Crippen LogP contribution in [0, 0.1) is 0 Å². The highest BCUT2D eigenvalue weighted by Crippen LogP contribution is 2.21. The van der Waals surface area contributed by atoms with Crippen molar-refractivity contribution in [1.82, 2.24) is 14.8 Å². The molecule has 2 aromatic rings. The summed E-state index contributed by atoms with van der Waals surface area (Å²) in [5.41, 5.74) is 0.780. The van der Waals surface area contributed by atoms with E-state index in [2.05, 4.69) is 10.2 Å². The molecule has 114 valence electrons. The van der Waals surface area contributed by atoms with Crippen LogP contribution in [0.4, 0.5) is 0 Å². The topological polar surface area (TPSA) is 74.1 Å².